The van der Waals surface area contributed by atoms with E-state index in [1.54, 1.807) is 5.57 Å². The van der Waals surface area contributed by atoms with Crippen LogP contribution < -0.4 is 0 Å². The van der Waals surface area contributed by atoms with Crippen molar-refractivity contribution in [3.05, 3.63) is 59.7 Å². The number of unbranched alkanes of at least 4 members (excludes halogenated alkanes) is 1. The third-order valence-electron chi connectivity index (χ3n) is 4.77. The normalized spacial score (nSPS) is 25.4. The molecule has 0 radical (unpaired) electrons. The second-order valence-corrected chi connectivity index (χ2v) is 6.02. The van der Waals surface area contributed by atoms with Gasteiger partial charge in [-0.2, -0.15) is 0 Å². The molecule has 1 aromatic rings. The van der Waals surface area contributed by atoms with Gasteiger partial charge < -0.3 is 0 Å². The first-order valence-corrected chi connectivity index (χ1v) is 7.84. The smallest absolute Gasteiger partial charge is 0.0197 e. The Bertz CT molecular complexity index is 430. The molecule has 0 nitrogen and oxygen atoms in total. The van der Waals surface area contributed by atoms with Gasteiger partial charge >= 0.3 is 0 Å². The van der Waals surface area contributed by atoms with Crippen LogP contribution in [0.5, 0.6) is 0 Å². The van der Waals surface area contributed by atoms with Gasteiger partial charge in [0, 0.05) is 0 Å². The zero-order valence-corrected chi connectivity index (χ0v) is 11.7. The van der Waals surface area contributed by atoms with Gasteiger partial charge in [0.15, 0.2) is 0 Å². The summed E-state index contributed by atoms with van der Waals surface area (Å²) in [5.41, 5.74) is 3.22. The van der Waals surface area contributed by atoms with Crippen LogP contribution in [-0.2, 0) is 6.42 Å². The van der Waals surface area contributed by atoms with E-state index in [0.717, 1.165) is 11.8 Å². The minimum absolute atomic E-state index is 0.943. The molecular formula is C19H24. The van der Waals surface area contributed by atoms with Crippen molar-refractivity contribution in [1.29, 1.82) is 0 Å². The van der Waals surface area contributed by atoms with E-state index in [1.165, 1.54) is 50.5 Å². The lowest BCUT2D eigenvalue weighted by Gasteiger charge is -2.04. The van der Waals surface area contributed by atoms with E-state index < -0.39 is 0 Å². The Labute approximate surface area is 117 Å². The Morgan fingerprint density at radius 2 is 1.63 bits per heavy atom. The summed E-state index contributed by atoms with van der Waals surface area (Å²) in [6, 6.07) is 10.8. The SMILES string of the molecule is C(/C=C/CCCc1ccccc1)=C1C2CCC1CC2. The zero-order chi connectivity index (χ0) is 12.9. The van der Waals surface area contributed by atoms with Crippen molar-refractivity contribution in [3.63, 3.8) is 0 Å². The van der Waals surface area contributed by atoms with Crippen molar-refractivity contribution in [2.45, 2.75) is 44.9 Å². The number of hydrogen-bond acceptors (Lipinski definition) is 0. The molecule has 2 saturated carbocycles. The topological polar surface area (TPSA) is 0 Å². The maximum absolute atomic E-state index is 2.43. The molecule has 0 heteroatoms. The van der Waals surface area contributed by atoms with Crippen molar-refractivity contribution in [1.82, 2.24) is 0 Å². The van der Waals surface area contributed by atoms with E-state index in [4.69, 9.17) is 0 Å². The fraction of sp³-hybridized carbons (Fsp3) is 0.474. The van der Waals surface area contributed by atoms with E-state index in [9.17, 15) is 0 Å². The Kier molecular flexibility index (Phi) is 4.17. The quantitative estimate of drug-likeness (QED) is 0.623. The summed E-state index contributed by atoms with van der Waals surface area (Å²) in [4.78, 5) is 0. The minimum Gasteiger partial charge on any atom is -0.0845 e. The molecule has 2 fully saturated rings. The molecule has 0 heterocycles. The number of aryl methyl sites for hydroxylation is 1. The maximum Gasteiger partial charge on any atom is -0.0197 e. The number of rotatable bonds is 5. The van der Waals surface area contributed by atoms with E-state index in [-0.39, 0.29) is 0 Å². The highest BCUT2D eigenvalue weighted by atomic mass is 14.4. The van der Waals surface area contributed by atoms with E-state index in [1.807, 2.05) is 0 Å². The number of fused-ring (bicyclic) bond motifs is 2. The van der Waals surface area contributed by atoms with Gasteiger partial charge in [0.1, 0.15) is 0 Å². The van der Waals surface area contributed by atoms with E-state index in [0.29, 0.717) is 0 Å². The molecule has 0 N–H and O–H groups in total. The molecular weight excluding hydrogens is 228 g/mol. The van der Waals surface area contributed by atoms with Gasteiger partial charge in [-0.05, 0) is 62.3 Å². The van der Waals surface area contributed by atoms with Crippen molar-refractivity contribution in [3.8, 4) is 0 Å². The summed E-state index contributed by atoms with van der Waals surface area (Å²) in [5, 5.41) is 0. The van der Waals surface area contributed by atoms with E-state index in [2.05, 4.69) is 48.6 Å². The van der Waals surface area contributed by atoms with Gasteiger partial charge in [0.05, 0.1) is 0 Å². The Morgan fingerprint density at radius 1 is 0.947 bits per heavy atom. The standard InChI is InChI=1S/C19H24/c1(4-8-16-9-5-3-6-10-16)2-7-11-19-17-12-13-18(19)15-14-17/h2-3,5-7,9-11,17-18H,1,4,8,12-15H2/b7-2+,19-11?. The molecule has 100 valence electrons. The van der Waals surface area contributed by atoms with Crippen LogP contribution in [0.25, 0.3) is 0 Å². The fourth-order valence-electron chi connectivity index (χ4n) is 3.71. The number of benzene rings is 1. The molecule has 2 aliphatic rings. The third-order valence-corrected chi connectivity index (χ3v) is 4.77. The summed E-state index contributed by atoms with van der Waals surface area (Å²) >= 11 is 0. The van der Waals surface area contributed by atoms with Crippen LogP contribution in [0.2, 0.25) is 0 Å². The molecule has 0 saturated heterocycles. The Morgan fingerprint density at radius 3 is 2.32 bits per heavy atom. The van der Waals surface area contributed by atoms with Gasteiger partial charge in [0.25, 0.3) is 0 Å². The second kappa shape index (κ2) is 6.23. The molecule has 0 aromatic heterocycles. The molecule has 0 spiro atoms. The van der Waals surface area contributed by atoms with Crippen LogP contribution in [0.1, 0.15) is 44.1 Å². The summed E-state index contributed by atoms with van der Waals surface area (Å²) in [6.45, 7) is 0. The van der Waals surface area contributed by atoms with Crippen LogP contribution in [0.4, 0.5) is 0 Å². The van der Waals surface area contributed by atoms with Gasteiger partial charge in [-0.3, -0.25) is 0 Å². The lowest BCUT2D eigenvalue weighted by molar-refractivity contribution is 0.480. The molecule has 0 aliphatic heterocycles. The van der Waals surface area contributed by atoms with Crippen LogP contribution in [0, 0.1) is 11.8 Å². The molecule has 0 unspecified atom stereocenters. The molecule has 3 rings (SSSR count). The largest absolute Gasteiger partial charge is 0.0845 e. The van der Waals surface area contributed by atoms with Crippen LogP contribution >= 0.6 is 0 Å². The van der Waals surface area contributed by atoms with Gasteiger partial charge in [-0.25, -0.2) is 0 Å². The van der Waals surface area contributed by atoms with Gasteiger partial charge in [0.2, 0.25) is 0 Å². The van der Waals surface area contributed by atoms with Crippen LogP contribution in [0.3, 0.4) is 0 Å². The second-order valence-electron chi connectivity index (χ2n) is 6.02. The van der Waals surface area contributed by atoms with Gasteiger partial charge in [-0.1, -0.05) is 54.1 Å². The number of hydrogen-bond donors (Lipinski definition) is 0. The van der Waals surface area contributed by atoms with Crippen LogP contribution in [0.15, 0.2) is 54.1 Å². The Balaban J connectivity index is 1.41. The average Bonchev–Trinajstić information content (AvgIpc) is 3.03. The molecule has 2 bridgehead atoms. The molecule has 0 atom stereocenters. The summed E-state index contributed by atoms with van der Waals surface area (Å²) in [5.74, 6) is 1.89. The first-order chi connectivity index (χ1) is 9.43. The summed E-state index contributed by atoms with van der Waals surface area (Å²) < 4.78 is 0. The highest BCUT2D eigenvalue weighted by Crippen LogP contribution is 2.48. The monoisotopic (exact) mass is 252 g/mol. The zero-order valence-electron chi connectivity index (χ0n) is 11.7. The third kappa shape index (κ3) is 3.18. The highest BCUT2D eigenvalue weighted by Gasteiger charge is 2.35. The van der Waals surface area contributed by atoms with Gasteiger partial charge in [-0.15, -0.1) is 0 Å². The van der Waals surface area contributed by atoms with E-state index >= 15 is 0 Å². The minimum atomic E-state index is 0.943. The first kappa shape index (κ1) is 12.7. The number of allylic oxidation sites excluding steroid dienone is 4. The average molecular weight is 252 g/mol. The fourth-order valence-corrected chi connectivity index (χ4v) is 3.71. The van der Waals surface area contributed by atoms with Crippen molar-refractivity contribution < 1.29 is 0 Å². The molecule has 0 amide bonds. The Hall–Kier alpha value is -1.30. The molecule has 1 aromatic carbocycles. The molecule has 2 aliphatic carbocycles. The predicted octanol–water partition coefficient (Wildman–Crippen LogP) is 5.31. The summed E-state index contributed by atoms with van der Waals surface area (Å²) in [6.07, 6.45) is 16.6. The first-order valence-electron chi connectivity index (χ1n) is 7.84. The lowest BCUT2D eigenvalue weighted by atomic mass is 10.0. The highest BCUT2D eigenvalue weighted by molar-refractivity contribution is 5.24. The molecule has 19 heavy (non-hydrogen) atoms. The summed E-state index contributed by atoms with van der Waals surface area (Å²) in [7, 11) is 0. The predicted molar refractivity (Wildman–Crippen MR) is 82.1 cm³/mol. The van der Waals surface area contributed by atoms with Crippen LogP contribution in [-0.4, -0.2) is 0 Å². The van der Waals surface area contributed by atoms with Crippen molar-refractivity contribution >= 4 is 0 Å². The van der Waals surface area contributed by atoms with Crippen molar-refractivity contribution in [2.75, 3.05) is 0 Å². The lowest BCUT2D eigenvalue weighted by Crippen LogP contribution is -1.90. The maximum atomic E-state index is 2.43. The van der Waals surface area contributed by atoms with Crippen molar-refractivity contribution in [2.24, 2.45) is 11.8 Å².